The van der Waals surface area contributed by atoms with Crippen LogP contribution >= 0.6 is 0 Å². The van der Waals surface area contributed by atoms with Crippen LogP contribution in [-0.2, 0) is 6.42 Å². The van der Waals surface area contributed by atoms with Gasteiger partial charge in [0.05, 0.1) is 19.9 Å². The highest BCUT2D eigenvalue weighted by Gasteiger charge is 2.02. The number of hydrogen-bond acceptors (Lipinski definition) is 7. The lowest BCUT2D eigenvalue weighted by atomic mass is 10.1. The molecule has 27 heavy (non-hydrogen) atoms. The molecule has 3 aromatic rings. The number of nitrogens with zero attached hydrogens (tertiary/aromatic N) is 3. The van der Waals surface area contributed by atoms with Crippen LogP contribution in [0.5, 0.6) is 11.5 Å². The fourth-order valence-electron chi connectivity index (χ4n) is 2.50. The number of methoxy groups -OCH3 is 1. The number of benzene rings is 2. The van der Waals surface area contributed by atoms with Crippen molar-refractivity contribution < 1.29 is 9.47 Å². The summed E-state index contributed by atoms with van der Waals surface area (Å²) < 4.78 is 10.6. The molecule has 0 aliphatic carbocycles. The third kappa shape index (κ3) is 5.57. The van der Waals surface area contributed by atoms with E-state index < -0.39 is 0 Å². The zero-order valence-corrected chi connectivity index (χ0v) is 15.5. The average Bonchev–Trinajstić information content (AvgIpc) is 2.71. The second kappa shape index (κ2) is 9.38. The maximum atomic E-state index is 5.44. The summed E-state index contributed by atoms with van der Waals surface area (Å²) in [5.74, 6) is 2.80. The molecule has 0 unspecified atom stereocenters. The summed E-state index contributed by atoms with van der Waals surface area (Å²) in [5.41, 5.74) is 2.09. The highest BCUT2D eigenvalue weighted by atomic mass is 16.5. The van der Waals surface area contributed by atoms with Gasteiger partial charge in [0, 0.05) is 12.2 Å². The van der Waals surface area contributed by atoms with Gasteiger partial charge in [-0.25, -0.2) is 0 Å². The first-order valence-corrected chi connectivity index (χ1v) is 8.83. The van der Waals surface area contributed by atoms with Gasteiger partial charge in [-0.2, -0.15) is 10.1 Å². The second-order valence-electron chi connectivity index (χ2n) is 5.77. The Balaban J connectivity index is 1.53. The molecule has 0 saturated carbocycles. The van der Waals surface area contributed by atoms with E-state index in [1.807, 2.05) is 43.3 Å². The quantitative estimate of drug-likeness (QED) is 0.599. The van der Waals surface area contributed by atoms with Gasteiger partial charge >= 0.3 is 0 Å². The van der Waals surface area contributed by atoms with Crippen LogP contribution in [-0.4, -0.2) is 35.4 Å². The molecule has 0 spiro atoms. The lowest BCUT2D eigenvalue weighted by Gasteiger charge is -2.09. The Labute approximate surface area is 158 Å². The molecule has 1 heterocycles. The molecular weight excluding hydrogens is 342 g/mol. The van der Waals surface area contributed by atoms with Crippen molar-refractivity contribution in [1.29, 1.82) is 0 Å². The molecule has 2 aromatic carbocycles. The predicted octanol–water partition coefficient (Wildman–Crippen LogP) is 3.68. The Kier molecular flexibility index (Phi) is 6.40. The van der Waals surface area contributed by atoms with E-state index >= 15 is 0 Å². The van der Waals surface area contributed by atoms with Crippen LogP contribution in [0, 0.1) is 0 Å². The summed E-state index contributed by atoms with van der Waals surface area (Å²) in [6, 6.07) is 15.7. The van der Waals surface area contributed by atoms with Crippen molar-refractivity contribution in [2.45, 2.75) is 13.3 Å². The van der Waals surface area contributed by atoms with Gasteiger partial charge in [-0.1, -0.05) is 12.1 Å². The highest BCUT2D eigenvalue weighted by Crippen LogP contribution is 2.18. The molecule has 3 rings (SSSR count). The lowest BCUT2D eigenvalue weighted by molar-refractivity contribution is 0.340. The fraction of sp³-hybridized carbons (Fsp3) is 0.250. The Morgan fingerprint density at radius 3 is 2.41 bits per heavy atom. The van der Waals surface area contributed by atoms with E-state index in [1.54, 1.807) is 13.3 Å². The normalized spacial score (nSPS) is 10.3. The Bertz CT molecular complexity index is 838. The fourth-order valence-corrected chi connectivity index (χ4v) is 2.50. The number of hydrogen-bond donors (Lipinski definition) is 2. The third-order valence-electron chi connectivity index (χ3n) is 3.86. The first-order valence-electron chi connectivity index (χ1n) is 8.83. The monoisotopic (exact) mass is 365 g/mol. The molecule has 0 bridgehead atoms. The maximum absolute atomic E-state index is 5.44. The predicted molar refractivity (Wildman–Crippen MR) is 106 cm³/mol. The molecule has 0 amide bonds. The van der Waals surface area contributed by atoms with E-state index in [-0.39, 0.29) is 0 Å². The smallest absolute Gasteiger partial charge is 0.249 e. The maximum Gasteiger partial charge on any atom is 0.249 e. The molecular formula is C20H23N5O2. The number of aromatic nitrogens is 3. The van der Waals surface area contributed by atoms with Gasteiger partial charge in [0.2, 0.25) is 5.95 Å². The zero-order valence-electron chi connectivity index (χ0n) is 15.5. The van der Waals surface area contributed by atoms with Crippen molar-refractivity contribution in [2.75, 3.05) is 30.9 Å². The van der Waals surface area contributed by atoms with Gasteiger partial charge in [-0.15, -0.1) is 5.10 Å². The van der Waals surface area contributed by atoms with Gasteiger partial charge in [-0.3, -0.25) is 0 Å². The highest BCUT2D eigenvalue weighted by molar-refractivity contribution is 5.55. The molecule has 7 heteroatoms. The Hall–Kier alpha value is -3.35. The van der Waals surface area contributed by atoms with Gasteiger partial charge in [0.15, 0.2) is 5.82 Å². The van der Waals surface area contributed by atoms with E-state index in [9.17, 15) is 0 Å². The molecule has 1 aromatic heterocycles. The SMILES string of the molecule is CCOc1ccc(Nc2nncc(NCCc3ccc(OC)cc3)n2)cc1. The summed E-state index contributed by atoms with van der Waals surface area (Å²) in [6.07, 6.45) is 2.48. The zero-order chi connectivity index (χ0) is 18.9. The largest absolute Gasteiger partial charge is 0.497 e. The molecule has 0 radical (unpaired) electrons. The van der Waals surface area contributed by atoms with Crippen LogP contribution in [0.2, 0.25) is 0 Å². The number of rotatable bonds is 9. The lowest BCUT2D eigenvalue weighted by Crippen LogP contribution is -2.08. The van der Waals surface area contributed by atoms with Crippen molar-refractivity contribution in [2.24, 2.45) is 0 Å². The summed E-state index contributed by atoms with van der Waals surface area (Å²) in [4.78, 5) is 4.44. The minimum atomic E-state index is 0.439. The van der Waals surface area contributed by atoms with Gasteiger partial charge < -0.3 is 20.1 Å². The Morgan fingerprint density at radius 1 is 0.963 bits per heavy atom. The molecule has 0 aliphatic rings. The van der Waals surface area contributed by atoms with Crippen LogP contribution < -0.4 is 20.1 Å². The summed E-state index contributed by atoms with van der Waals surface area (Å²) in [5, 5.41) is 14.4. The van der Waals surface area contributed by atoms with E-state index in [0.29, 0.717) is 18.4 Å². The van der Waals surface area contributed by atoms with E-state index in [0.717, 1.165) is 30.2 Å². The molecule has 140 valence electrons. The standard InChI is InChI=1S/C20H23N5O2/c1-3-27-18-10-6-16(7-11-18)23-20-24-19(14-22-25-20)21-13-12-15-4-8-17(26-2)9-5-15/h4-11,14H,3,12-13H2,1-2H3,(H2,21,23,24,25). The minimum absolute atomic E-state index is 0.439. The first-order chi connectivity index (χ1) is 13.3. The number of nitrogens with one attached hydrogen (secondary N) is 2. The van der Waals surface area contributed by atoms with Crippen LogP contribution in [0.25, 0.3) is 0 Å². The van der Waals surface area contributed by atoms with Crippen LogP contribution in [0.1, 0.15) is 12.5 Å². The first kappa shape index (κ1) is 18.4. The summed E-state index contributed by atoms with van der Waals surface area (Å²) >= 11 is 0. The second-order valence-corrected chi connectivity index (χ2v) is 5.77. The number of ether oxygens (including phenoxy) is 2. The van der Waals surface area contributed by atoms with Crippen molar-refractivity contribution in [3.05, 3.63) is 60.3 Å². The molecule has 0 saturated heterocycles. The summed E-state index contributed by atoms with van der Waals surface area (Å²) in [7, 11) is 1.66. The molecule has 0 fully saturated rings. The van der Waals surface area contributed by atoms with Crippen molar-refractivity contribution in [3.63, 3.8) is 0 Å². The molecule has 2 N–H and O–H groups in total. The van der Waals surface area contributed by atoms with E-state index in [2.05, 4.69) is 37.9 Å². The van der Waals surface area contributed by atoms with E-state index in [1.165, 1.54) is 5.56 Å². The van der Waals surface area contributed by atoms with Gasteiger partial charge in [-0.05, 0) is 55.3 Å². The van der Waals surface area contributed by atoms with Crippen LogP contribution in [0.3, 0.4) is 0 Å². The van der Waals surface area contributed by atoms with Crippen molar-refractivity contribution in [3.8, 4) is 11.5 Å². The number of anilines is 3. The van der Waals surface area contributed by atoms with Crippen LogP contribution in [0.15, 0.2) is 54.7 Å². The topological polar surface area (TPSA) is 81.2 Å². The minimum Gasteiger partial charge on any atom is -0.497 e. The van der Waals surface area contributed by atoms with Gasteiger partial charge in [0.1, 0.15) is 11.5 Å². The summed E-state index contributed by atoms with van der Waals surface area (Å²) in [6.45, 7) is 3.34. The Morgan fingerprint density at radius 2 is 1.70 bits per heavy atom. The van der Waals surface area contributed by atoms with E-state index in [4.69, 9.17) is 9.47 Å². The molecule has 0 atom stereocenters. The molecule has 7 nitrogen and oxygen atoms in total. The molecule has 0 aliphatic heterocycles. The third-order valence-corrected chi connectivity index (χ3v) is 3.86. The van der Waals surface area contributed by atoms with Crippen LogP contribution in [0.4, 0.5) is 17.5 Å². The van der Waals surface area contributed by atoms with Crippen molar-refractivity contribution in [1.82, 2.24) is 15.2 Å². The van der Waals surface area contributed by atoms with Gasteiger partial charge in [0.25, 0.3) is 0 Å². The van der Waals surface area contributed by atoms with Crippen molar-refractivity contribution >= 4 is 17.5 Å². The average molecular weight is 365 g/mol.